The van der Waals surface area contributed by atoms with Gasteiger partial charge in [0.05, 0.1) is 15.7 Å². The number of nitrogens with one attached hydrogen (secondary N) is 2. The molecule has 0 spiro atoms. The van der Waals surface area contributed by atoms with Crippen LogP contribution in [0.3, 0.4) is 0 Å². The number of urea groups is 1. The topological polar surface area (TPSA) is 78.5 Å². The Balaban J connectivity index is 1.83. The lowest BCUT2D eigenvalue weighted by atomic mass is 9.85. The van der Waals surface area contributed by atoms with E-state index in [0.29, 0.717) is 23.4 Å². The fraction of sp³-hybridized carbons (Fsp3) is 0.286. The molecule has 0 aliphatic carbocycles. The SMILES string of the molecule is CCC[C@]1(c2ccccc2)NC(=O)N(CC(=O)Nc2c(Cl)ccc(C)c2Cl)C1=O. The number of halogens is 2. The lowest BCUT2D eigenvalue weighted by molar-refractivity contribution is -0.134. The summed E-state index contributed by atoms with van der Waals surface area (Å²) in [6, 6.07) is 11.8. The normalized spacial score (nSPS) is 18.7. The number of rotatable bonds is 6. The Bertz CT molecular complexity index is 965. The van der Waals surface area contributed by atoms with E-state index in [4.69, 9.17) is 23.2 Å². The predicted molar refractivity (Wildman–Crippen MR) is 113 cm³/mol. The minimum absolute atomic E-state index is 0.258. The molecule has 0 unspecified atom stereocenters. The van der Waals surface area contributed by atoms with Crippen LogP contribution in [0.1, 0.15) is 30.9 Å². The maximum absolute atomic E-state index is 13.2. The van der Waals surface area contributed by atoms with E-state index in [1.807, 2.05) is 25.1 Å². The molecular formula is C21H21Cl2N3O3. The van der Waals surface area contributed by atoms with Crippen LogP contribution in [0.5, 0.6) is 0 Å². The molecule has 1 aliphatic heterocycles. The number of anilines is 1. The van der Waals surface area contributed by atoms with E-state index in [2.05, 4.69) is 10.6 Å². The van der Waals surface area contributed by atoms with Crippen molar-refractivity contribution in [2.75, 3.05) is 11.9 Å². The molecule has 2 N–H and O–H groups in total. The van der Waals surface area contributed by atoms with Crippen molar-refractivity contribution in [2.45, 2.75) is 32.2 Å². The Hall–Kier alpha value is -2.57. The van der Waals surface area contributed by atoms with Gasteiger partial charge < -0.3 is 10.6 Å². The minimum Gasteiger partial charge on any atom is -0.322 e. The van der Waals surface area contributed by atoms with Gasteiger partial charge in [0, 0.05) is 0 Å². The van der Waals surface area contributed by atoms with Gasteiger partial charge in [-0.3, -0.25) is 14.5 Å². The monoisotopic (exact) mass is 433 g/mol. The van der Waals surface area contributed by atoms with Gasteiger partial charge in [0.15, 0.2) is 0 Å². The zero-order chi connectivity index (χ0) is 21.2. The molecule has 29 heavy (non-hydrogen) atoms. The quantitative estimate of drug-likeness (QED) is 0.658. The molecule has 0 bridgehead atoms. The number of amides is 4. The van der Waals surface area contributed by atoms with Crippen LogP contribution in [0, 0.1) is 6.92 Å². The van der Waals surface area contributed by atoms with Gasteiger partial charge in [0.2, 0.25) is 5.91 Å². The van der Waals surface area contributed by atoms with Crippen LogP contribution in [0.4, 0.5) is 10.5 Å². The van der Waals surface area contributed by atoms with Crippen molar-refractivity contribution >= 4 is 46.7 Å². The van der Waals surface area contributed by atoms with Crippen molar-refractivity contribution in [1.82, 2.24) is 10.2 Å². The molecule has 8 heteroatoms. The fourth-order valence-electron chi connectivity index (χ4n) is 3.47. The van der Waals surface area contributed by atoms with Gasteiger partial charge in [-0.1, -0.05) is 72.9 Å². The summed E-state index contributed by atoms with van der Waals surface area (Å²) in [6.45, 7) is 3.27. The second-order valence-electron chi connectivity index (χ2n) is 6.94. The van der Waals surface area contributed by atoms with Gasteiger partial charge in [0.1, 0.15) is 12.1 Å². The molecule has 0 aromatic heterocycles. The number of carbonyl (C=O) groups is 3. The molecule has 2 aromatic carbocycles. The number of aryl methyl sites for hydroxylation is 1. The molecule has 1 fully saturated rings. The van der Waals surface area contributed by atoms with Crippen molar-refractivity contribution in [2.24, 2.45) is 0 Å². The summed E-state index contributed by atoms with van der Waals surface area (Å²) < 4.78 is 0. The fourth-order valence-corrected chi connectivity index (χ4v) is 3.94. The zero-order valence-electron chi connectivity index (χ0n) is 16.1. The zero-order valence-corrected chi connectivity index (χ0v) is 17.6. The van der Waals surface area contributed by atoms with Crippen LogP contribution in [-0.2, 0) is 15.1 Å². The molecular weight excluding hydrogens is 413 g/mol. The van der Waals surface area contributed by atoms with Crippen LogP contribution in [-0.4, -0.2) is 29.3 Å². The maximum atomic E-state index is 13.2. The molecule has 1 heterocycles. The molecule has 0 saturated carbocycles. The second-order valence-corrected chi connectivity index (χ2v) is 7.73. The maximum Gasteiger partial charge on any atom is 0.325 e. The van der Waals surface area contributed by atoms with Gasteiger partial charge in [-0.25, -0.2) is 4.79 Å². The van der Waals surface area contributed by atoms with E-state index < -0.39 is 29.9 Å². The number of benzene rings is 2. The van der Waals surface area contributed by atoms with E-state index in [1.165, 1.54) is 0 Å². The highest BCUT2D eigenvalue weighted by Crippen LogP contribution is 2.35. The first kappa shape index (κ1) is 21.1. The molecule has 1 aliphatic rings. The van der Waals surface area contributed by atoms with Crippen molar-refractivity contribution in [3.63, 3.8) is 0 Å². The van der Waals surface area contributed by atoms with Crippen LogP contribution < -0.4 is 10.6 Å². The van der Waals surface area contributed by atoms with E-state index in [0.717, 1.165) is 10.5 Å². The number of nitrogens with zero attached hydrogens (tertiary/aromatic N) is 1. The van der Waals surface area contributed by atoms with Crippen molar-refractivity contribution in [3.8, 4) is 0 Å². The summed E-state index contributed by atoms with van der Waals surface area (Å²) in [5.74, 6) is -1.02. The first-order valence-corrected chi connectivity index (χ1v) is 10.00. The average molecular weight is 434 g/mol. The lowest BCUT2D eigenvalue weighted by Gasteiger charge is -2.26. The first-order valence-electron chi connectivity index (χ1n) is 9.24. The van der Waals surface area contributed by atoms with Crippen LogP contribution in [0.25, 0.3) is 0 Å². The Labute approximate surface area is 179 Å². The number of imide groups is 1. The van der Waals surface area contributed by atoms with E-state index >= 15 is 0 Å². The largest absolute Gasteiger partial charge is 0.325 e. The lowest BCUT2D eigenvalue weighted by Crippen LogP contribution is -2.44. The summed E-state index contributed by atoms with van der Waals surface area (Å²) in [6.07, 6.45) is 1.10. The minimum atomic E-state index is -1.17. The molecule has 6 nitrogen and oxygen atoms in total. The summed E-state index contributed by atoms with van der Waals surface area (Å²) in [4.78, 5) is 39.3. The van der Waals surface area contributed by atoms with E-state index in [9.17, 15) is 14.4 Å². The van der Waals surface area contributed by atoms with Crippen LogP contribution in [0.2, 0.25) is 10.0 Å². The standard InChI is InChI=1S/C21H21Cl2N3O3/c1-3-11-21(14-7-5-4-6-8-14)19(28)26(20(29)25-21)12-16(27)24-18-15(22)10-9-13(2)17(18)23/h4-10H,3,11-12H2,1-2H3,(H,24,27)(H,25,29)/t21-/m1/s1. The van der Waals surface area contributed by atoms with Crippen molar-refractivity contribution in [3.05, 3.63) is 63.6 Å². The molecule has 1 saturated heterocycles. The number of hydrogen-bond donors (Lipinski definition) is 2. The van der Waals surface area contributed by atoms with E-state index in [1.54, 1.807) is 31.2 Å². The van der Waals surface area contributed by atoms with Gasteiger partial charge in [-0.05, 0) is 30.5 Å². The summed E-state index contributed by atoms with van der Waals surface area (Å²) in [5.41, 5.74) is 0.514. The highest BCUT2D eigenvalue weighted by Gasteiger charge is 2.52. The highest BCUT2D eigenvalue weighted by molar-refractivity contribution is 6.40. The Kier molecular flexibility index (Phi) is 6.15. The molecule has 3 rings (SSSR count). The van der Waals surface area contributed by atoms with Crippen LogP contribution >= 0.6 is 23.2 Å². The van der Waals surface area contributed by atoms with Gasteiger partial charge in [0.25, 0.3) is 5.91 Å². The van der Waals surface area contributed by atoms with Gasteiger partial charge in [-0.15, -0.1) is 0 Å². The molecule has 2 aromatic rings. The third-order valence-corrected chi connectivity index (χ3v) is 5.72. The smallest absolute Gasteiger partial charge is 0.322 e. The Morgan fingerprint density at radius 3 is 2.48 bits per heavy atom. The van der Waals surface area contributed by atoms with Gasteiger partial charge >= 0.3 is 6.03 Å². The third-order valence-electron chi connectivity index (χ3n) is 4.92. The summed E-state index contributed by atoms with van der Waals surface area (Å²) in [7, 11) is 0. The number of carbonyl (C=O) groups excluding carboxylic acids is 3. The van der Waals surface area contributed by atoms with Crippen LogP contribution in [0.15, 0.2) is 42.5 Å². The Morgan fingerprint density at radius 2 is 1.83 bits per heavy atom. The molecule has 4 amide bonds. The summed E-state index contributed by atoms with van der Waals surface area (Å²) in [5, 5.41) is 5.99. The Morgan fingerprint density at radius 1 is 1.14 bits per heavy atom. The predicted octanol–water partition coefficient (Wildman–Crippen LogP) is 4.49. The van der Waals surface area contributed by atoms with Crippen molar-refractivity contribution in [1.29, 1.82) is 0 Å². The highest BCUT2D eigenvalue weighted by atomic mass is 35.5. The molecule has 0 radical (unpaired) electrons. The summed E-state index contributed by atoms with van der Waals surface area (Å²) >= 11 is 12.4. The third kappa shape index (κ3) is 3.95. The molecule has 152 valence electrons. The number of hydrogen-bond acceptors (Lipinski definition) is 3. The van der Waals surface area contributed by atoms with E-state index in [-0.39, 0.29) is 10.7 Å². The van der Waals surface area contributed by atoms with Gasteiger partial charge in [-0.2, -0.15) is 0 Å². The van der Waals surface area contributed by atoms with Crippen molar-refractivity contribution < 1.29 is 14.4 Å². The molecule has 1 atom stereocenters. The second kappa shape index (κ2) is 8.43. The first-order chi connectivity index (χ1) is 13.8. The average Bonchev–Trinajstić information content (AvgIpc) is 2.94.